The van der Waals surface area contributed by atoms with Crippen molar-refractivity contribution in [1.82, 2.24) is 25.4 Å². The fraction of sp³-hybridized carbons (Fsp3) is 0.318. The molecular weight excluding hydrogens is 507 g/mol. The van der Waals surface area contributed by atoms with Gasteiger partial charge in [0.05, 0.1) is 0 Å². The Morgan fingerprint density at radius 1 is 1.23 bits per heavy atom. The third kappa shape index (κ3) is 5.98. The summed E-state index contributed by atoms with van der Waals surface area (Å²) in [7, 11) is 1.86. The Labute approximate surface area is 199 Å². The lowest BCUT2D eigenvalue weighted by molar-refractivity contribution is 0.474. The Morgan fingerprint density at radius 3 is 2.87 bits per heavy atom. The molecule has 0 aliphatic carbocycles. The summed E-state index contributed by atoms with van der Waals surface area (Å²) >= 11 is 1.95. The molecule has 0 bridgehead atoms. The first-order valence-electron chi connectivity index (χ1n) is 9.90. The number of H-pyrrole nitrogens is 1. The number of hydrogen-bond acceptors (Lipinski definition) is 4. The van der Waals surface area contributed by atoms with Crippen LogP contribution in [0.4, 0.5) is 0 Å². The van der Waals surface area contributed by atoms with Gasteiger partial charge in [0.2, 0.25) is 0 Å². The molecule has 3 aromatic rings. The number of nitrogens with zero attached hydrogens (tertiary/aromatic N) is 4. The molecule has 1 fully saturated rings. The number of halogens is 1. The van der Waals surface area contributed by atoms with Crippen LogP contribution >= 0.6 is 35.7 Å². The van der Waals surface area contributed by atoms with Gasteiger partial charge in [-0.05, 0) is 36.1 Å². The molecule has 1 aliphatic heterocycles. The number of thioether (sulfide) groups is 1. The van der Waals surface area contributed by atoms with Gasteiger partial charge < -0.3 is 10.2 Å². The van der Waals surface area contributed by atoms with Gasteiger partial charge in [0.1, 0.15) is 6.33 Å². The van der Waals surface area contributed by atoms with Crippen molar-refractivity contribution in [3.63, 3.8) is 0 Å². The van der Waals surface area contributed by atoms with Crippen molar-refractivity contribution in [2.24, 2.45) is 10.9 Å². The van der Waals surface area contributed by atoms with E-state index in [1.165, 1.54) is 23.2 Å². The first-order valence-corrected chi connectivity index (χ1v) is 10.9. The minimum Gasteiger partial charge on any atom is -0.352 e. The van der Waals surface area contributed by atoms with Crippen molar-refractivity contribution in [2.75, 3.05) is 25.9 Å². The first kappa shape index (κ1) is 22.6. The monoisotopic (exact) mass is 534 g/mol. The second-order valence-electron chi connectivity index (χ2n) is 7.16. The molecule has 30 heavy (non-hydrogen) atoms. The number of aromatic amines is 1. The molecule has 0 radical (unpaired) electrons. The number of aliphatic imine (C=N–C) groups is 1. The highest BCUT2D eigenvalue weighted by Gasteiger charge is 2.24. The lowest BCUT2D eigenvalue weighted by atomic mass is 10.1. The van der Waals surface area contributed by atoms with E-state index in [9.17, 15) is 0 Å². The van der Waals surface area contributed by atoms with Crippen LogP contribution in [0.15, 0.2) is 70.8 Å². The Bertz CT molecular complexity index is 932. The van der Waals surface area contributed by atoms with Crippen LogP contribution in [0.5, 0.6) is 0 Å². The molecule has 2 aromatic carbocycles. The summed E-state index contributed by atoms with van der Waals surface area (Å²) in [6.45, 7) is 2.84. The molecule has 0 amide bonds. The summed E-state index contributed by atoms with van der Waals surface area (Å²) in [6.07, 6.45) is 2.74. The maximum absolute atomic E-state index is 4.51. The van der Waals surface area contributed by atoms with Crippen molar-refractivity contribution in [3.05, 3.63) is 66.5 Å². The number of rotatable bonds is 6. The van der Waals surface area contributed by atoms with Crippen molar-refractivity contribution in [2.45, 2.75) is 17.9 Å². The van der Waals surface area contributed by atoms with Crippen LogP contribution in [0.25, 0.3) is 11.4 Å². The number of guanidine groups is 1. The fourth-order valence-electron chi connectivity index (χ4n) is 3.58. The summed E-state index contributed by atoms with van der Waals surface area (Å²) in [4.78, 5) is 12.5. The SMILES string of the molecule is CN=C(NCc1cccc(-c2ncn[nH]2)c1)N1CCC(CSc2ccccc2)C1.I. The largest absolute Gasteiger partial charge is 0.352 e. The molecular formula is C22H27IN6S. The molecule has 1 saturated heterocycles. The van der Waals surface area contributed by atoms with Crippen LogP contribution in [-0.4, -0.2) is 51.9 Å². The molecule has 158 valence electrons. The number of likely N-dealkylation sites (tertiary alicyclic amines) is 1. The zero-order valence-corrected chi connectivity index (χ0v) is 20.1. The van der Waals surface area contributed by atoms with Gasteiger partial charge in [-0.15, -0.1) is 35.7 Å². The van der Waals surface area contributed by atoms with Crippen LogP contribution < -0.4 is 5.32 Å². The van der Waals surface area contributed by atoms with Crippen LogP contribution in [0.1, 0.15) is 12.0 Å². The number of benzene rings is 2. The second-order valence-corrected chi connectivity index (χ2v) is 8.25. The Hall–Kier alpha value is -2.07. The normalized spacial score (nSPS) is 16.4. The second kappa shape index (κ2) is 11.4. The van der Waals surface area contributed by atoms with E-state index >= 15 is 0 Å². The van der Waals surface area contributed by atoms with Gasteiger partial charge in [0.15, 0.2) is 11.8 Å². The van der Waals surface area contributed by atoms with Gasteiger partial charge in [-0.25, -0.2) is 4.98 Å². The minimum atomic E-state index is 0. The molecule has 6 nitrogen and oxygen atoms in total. The smallest absolute Gasteiger partial charge is 0.193 e. The average Bonchev–Trinajstić information content (AvgIpc) is 3.46. The summed E-state index contributed by atoms with van der Waals surface area (Å²) < 4.78 is 0. The van der Waals surface area contributed by atoms with Crippen LogP contribution in [0.2, 0.25) is 0 Å². The number of hydrogen-bond donors (Lipinski definition) is 2. The minimum absolute atomic E-state index is 0. The standard InChI is InChI=1S/C22H26N6S.HI/c1-23-22(24-13-17-6-5-7-19(12-17)21-25-16-26-27-21)28-11-10-18(14-28)15-29-20-8-3-2-4-9-20;/h2-9,12,16,18H,10-11,13-15H2,1H3,(H,23,24)(H,25,26,27);1H. The van der Waals surface area contributed by atoms with Gasteiger partial charge >= 0.3 is 0 Å². The van der Waals surface area contributed by atoms with Crippen LogP contribution in [0, 0.1) is 5.92 Å². The predicted molar refractivity (Wildman–Crippen MR) is 134 cm³/mol. The van der Waals surface area contributed by atoms with Crippen LogP contribution in [0.3, 0.4) is 0 Å². The van der Waals surface area contributed by atoms with E-state index in [0.717, 1.165) is 42.7 Å². The molecule has 8 heteroatoms. The number of aromatic nitrogens is 3. The zero-order chi connectivity index (χ0) is 19.9. The molecule has 1 aliphatic rings. The lowest BCUT2D eigenvalue weighted by Crippen LogP contribution is -2.39. The highest BCUT2D eigenvalue weighted by molar-refractivity contribution is 14.0. The number of nitrogens with one attached hydrogen (secondary N) is 2. The molecule has 0 spiro atoms. The highest BCUT2D eigenvalue weighted by Crippen LogP contribution is 2.26. The third-order valence-corrected chi connectivity index (χ3v) is 6.34. The summed E-state index contributed by atoms with van der Waals surface area (Å²) in [5.41, 5.74) is 2.23. The summed E-state index contributed by atoms with van der Waals surface area (Å²) in [5, 5.41) is 10.4. The van der Waals surface area contributed by atoms with E-state index < -0.39 is 0 Å². The van der Waals surface area contributed by atoms with E-state index in [-0.39, 0.29) is 24.0 Å². The van der Waals surface area contributed by atoms with Crippen LogP contribution in [-0.2, 0) is 6.54 Å². The van der Waals surface area contributed by atoms with Crippen molar-refractivity contribution in [3.8, 4) is 11.4 Å². The maximum Gasteiger partial charge on any atom is 0.193 e. The van der Waals surface area contributed by atoms with Gasteiger partial charge in [0, 0.05) is 42.9 Å². The highest BCUT2D eigenvalue weighted by atomic mass is 127. The maximum atomic E-state index is 4.51. The summed E-state index contributed by atoms with van der Waals surface area (Å²) in [6, 6.07) is 19.0. The Morgan fingerprint density at radius 2 is 2.10 bits per heavy atom. The van der Waals surface area contributed by atoms with Crippen molar-refractivity contribution in [1.29, 1.82) is 0 Å². The van der Waals surface area contributed by atoms with E-state index in [1.54, 1.807) is 0 Å². The fourth-order valence-corrected chi connectivity index (χ4v) is 4.63. The van der Waals surface area contributed by atoms with E-state index in [2.05, 4.69) is 72.9 Å². The van der Waals surface area contributed by atoms with Gasteiger partial charge in [-0.3, -0.25) is 10.1 Å². The van der Waals surface area contributed by atoms with E-state index in [0.29, 0.717) is 5.92 Å². The van der Waals surface area contributed by atoms with E-state index in [4.69, 9.17) is 0 Å². The third-order valence-electron chi connectivity index (χ3n) is 5.09. The Kier molecular flexibility index (Phi) is 8.56. The lowest BCUT2D eigenvalue weighted by Gasteiger charge is -2.22. The molecule has 0 saturated carbocycles. The molecule has 1 atom stereocenters. The van der Waals surface area contributed by atoms with E-state index in [1.807, 2.05) is 30.9 Å². The Balaban J connectivity index is 0.00000256. The van der Waals surface area contributed by atoms with Gasteiger partial charge in [0.25, 0.3) is 0 Å². The van der Waals surface area contributed by atoms with Crippen molar-refractivity contribution >= 4 is 41.7 Å². The van der Waals surface area contributed by atoms with Gasteiger partial charge in [-0.1, -0.05) is 36.4 Å². The predicted octanol–water partition coefficient (Wildman–Crippen LogP) is 4.28. The molecule has 4 rings (SSSR count). The molecule has 1 unspecified atom stereocenters. The van der Waals surface area contributed by atoms with Crippen molar-refractivity contribution < 1.29 is 0 Å². The van der Waals surface area contributed by atoms with Gasteiger partial charge in [-0.2, -0.15) is 5.10 Å². The molecule has 1 aromatic heterocycles. The average molecular weight is 534 g/mol. The first-order chi connectivity index (χ1) is 14.3. The quantitative estimate of drug-likeness (QED) is 0.214. The molecule has 2 N–H and O–H groups in total. The molecule has 2 heterocycles. The zero-order valence-electron chi connectivity index (χ0n) is 17.0. The topological polar surface area (TPSA) is 69.2 Å². The summed E-state index contributed by atoms with van der Waals surface area (Å²) in [5.74, 6) is 3.60.